The summed E-state index contributed by atoms with van der Waals surface area (Å²) in [5.74, 6) is -0.0589. The molecule has 0 fully saturated rings. The van der Waals surface area contributed by atoms with E-state index in [2.05, 4.69) is 13.0 Å². The Labute approximate surface area is 102 Å². The molecular weight excluding hydrogens is 214 g/mol. The molecule has 0 aliphatic carbocycles. The molecule has 90 valence electrons. The average Bonchev–Trinajstić information content (AvgIpc) is 2.33. The summed E-state index contributed by atoms with van der Waals surface area (Å²) in [5, 5.41) is 8.83. The van der Waals surface area contributed by atoms with E-state index in [0.717, 1.165) is 5.57 Å². The lowest BCUT2D eigenvalue weighted by Gasteiger charge is -2.17. The third kappa shape index (κ3) is 3.60. The first-order chi connectivity index (χ1) is 8.08. The molecule has 1 aliphatic rings. The fourth-order valence-electron chi connectivity index (χ4n) is 1.89. The lowest BCUT2D eigenvalue weighted by Crippen LogP contribution is -2.12. The van der Waals surface area contributed by atoms with Crippen LogP contribution in [-0.2, 0) is 9.53 Å². The molecule has 3 unspecified atom stereocenters. The standard InChI is InChI=1S/C14H17NO2/c1-4-5-13-10(2)6-7-12(9-15)17-14(16)8-11(13)3/h4-8,10,12-13H,1-3H3/b5-4+,7-6+,11-8+. The number of nitrogens with zero attached hydrogens (tertiary/aromatic N) is 1. The minimum Gasteiger partial charge on any atom is -0.439 e. The number of rotatable bonds is 1. The number of allylic oxidation sites excluding steroid dienone is 4. The van der Waals surface area contributed by atoms with Crippen molar-refractivity contribution in [2.24, 2.45) is 11.8 Å². The van der Waals surface area contributed by atoms with E-state index in [1.807, 2.05) is 32.1 Å². The second kappa shape index (κ2) is 6.05. The molecule has 1 rings (SSSR count). The van der Waals surface area contributed by atoms with Gasteiger partial charge in [-0.3, -0.25) is 0 Å². The Hall–Kier alpha value is -1.82. The van der Waals surface area contributed by atoms with Gasteiger partial charge in [-0.05, 0) is 25.8 Å². The molecule has 3 nitrogen and oxygen atoms in total. The highest BCUT2D eigenvalue weighted by Crippen LogP contribution is 2.24. The maximum absolute atomic E-state index is 11.5. The van der Waals surface area contributed by atoms with E-state index in [4.69, 9.17) is 10.00 Å². The van der Waals surface area contributed by atoms with Crippen LogP contribution in [0.4, 0.5) is 0 Å². The summed E-state index contributed by atoms with van der Waals surface area (Å²) in [6.45, 7) is 5.92. The van der Waals surface area contributed by atoms with Gasteiger partial charge >= 0.3 is 5.97 Å². The predicted molar refractivity (Wildman–Crippen MR) is 65.9 cm³/mol. The second-order valence-corrected chi connectivity index (χ2v) is 4.17. The fourth-order valence-corrected chi connectivity index (χ4v) is 1.89. The van der Waals surface area contributed by atoms with Gasteiger partial charge in [0.15, 0.2) is 0 Å². The highest BCUT2D eigenvalue weighted by Gasteiger charge is 2.19. The molecular formula is C14H17NO2. The van der Waals surface area contributed by atoms with Crippen LogP contribution in [0.25, 0.3) is 0 Å². The fraction of sp³-hybridized carbons (Fsp3) is 0.429. The van der Waals surface area contributed by atoms with E-state index in [-0.39, 0.29) is 11.8 Å². The van der Waals surface area contributed by atoms with Gasteiger partial charge in [-0.25, -0.2) is 4.79 Å². The van der Waals surface area contributed by atoms with Crippen LogP contribution < -0.4 is 0 Å². The predicted octanol–water partition coefficient (Wildman–Crippen LogP) is 2.77. The molecule has 3 atom stereocenters. The molecule has 1 aliphatic heterocycles. The first kappa shape index (κ1) is 13.2. The monoisotopic (exact) mass is 231 g/mol. The van der Waals surface area contributed by atoms with Gasteiger partial charge in [0.25, 0.3) is 0 Å². The number of nitriles is 1. The SMILES string of the molecule is C/C=C/C1/C(C)=C/C(=O)OC(C#N)/C=C/C1C. The van der Waals surface area contributed by atoms with Crippen LogP contribution in [0.3, 0.4) is 0 Å². The van der Waals surface area contributed by atoms with Crippen LogP contribution >= 0.6 is 0 Å². The average molecular weight is 231 g/mol. The van der Waals surface area contributed by atoms with Crippen LogP contribution in [0.1, 0.15) is 20.8 Å². The van der Waals surface area contributed by atoms with Gasteiger partial charge < -0.3 is 4.74 Å². The number of carbonyl (C=O) groups is 1. The van der Waals surface area contributed by atoms with Crippen LogP contribution in [0, 0.1) is 23.2 Å². The maximum Gasteiger partial charge on any atom is 0.332 e. The summed E-state index contributed by atoms with van der Waals surface area (Å²) in [6, 6.07) is 1.93. The molecule has 0 bridgehead atoms. The summed E-state index contributed by atoms with van der Waals surface area (Å²) in [4.78, 5) is 11.5. The summed E-state index contributed by atoms with van der Waals surface area (Å²) >= 11 is 0. The lowest BCUT2D eigenvalue weighted by molar-refractivity contribution is -0.138. The Bertz CT molecular complexity index is 412. The normalized spacial score (nSPS) is 34.8. The number of ether oxygens (including phenoxy) is 1. The zero-order valence-corrected chi connectivity index (χ0v) is 10.4. The Morgan fingerprint density at radius 3 is 2.76 bits per heavy atom. The number of hydrogen-bond acceptors (Lipinski definition) is 3. The molecule has 3 heteroatoms. The highest BCUT2D eigenvalue weighted by molar-refractivity contribution is 5.83. The molecule has 17 heavy (non-hydrogen) atoms. The van der Waals surface area contributed by atoms with E-state index in [1.54, 1.807) is 6.08 Å². The smallest absolute Gasteiger partial charge is 0.332 e. The third-order valence-corrected chi connectivity index (χ3v) is 2.80. The molecule has 0 spiro atoms. The molecule has 0 saturated heterocycles. The van der Waals surface area contributed by atoms with Crippen LogP contribution in [0.5, 0.6) is 0 Å². The Balaban J connectivity index is 3.09. The second-order valence-electron chi connectivity index (χ2n) is 4.17. The van der Waals surface area contributed by atoms with Crippen molar-refractivity contribution < 1.29 is 9.53 Å². The van der Waals surface area contributed by atoms with Gasteiger partial charge in [0.2, 0.25) is 6.10 Å². The van der Waals surface area contributed by atoms with Crippen molar-refractivity contribution >= 4 is 5.97 Å². The Morgan fingerprint density at radius 1 is 1.47 bits per heavy atom. The van der Waals surface area contributed by atoms with Gasteiger partial charge in [0.1, 0.15) is 6.07 Å². The molecule has 0 aromatic heterocycles. The van der Waals surface area contributed by atoms with Gasteiger partial charge in [-0.15, -0.1) is 0 Å². The molecule has 0 aromatic carbocycles. The summed E-state index contributed by atoms with van der Waals surface area (Å²) < 4.78 is 4.98. The molecule has 0 aromatic rings. The van der Waals surface area contributed by atoms with E-state index in [9.17, 15) is 4.79 Å². The van der Waals surface area contributed by atoms with E-state index in [1.165, 1.54) is 6.08 Å². The zero-order valence-electron chi connectivity index (χ0n) is 10.4. The third-order valence-electron chi connectivity index (χ3n) is 2.80. The van der Waals surface area contributed by atoms with Crippen LogP contribution in [0.2, 0.25) is 0 Å². The van der Waals surface area contributed by atoms with E-state index >= 15 is 0 Å². The van der Waals surface area contributed by atoms with Crippen molar-refractivity contribution in [2.45, 2.75) is 26.9 Å². The first-order valence-electron chi connectivity index (χ1n) is 5.68. The summed E-state index contributed by atoms with van der Waals surface area (Å²) in [6.07, 6.45) is 8.27. The van der Waals surface area contributed by atoms with Crippen molar-refractivity contribution in [1.29, 1.82) is 5.26 Å². The van der Waals surface area contributed by atoms with Gasteiger partial charge in [0, 0.05) is 12.0 Å². The van der Waals surface area contributed by atoms with Crippen molar-refractivity contribution in [3.05, 3.63) is 36.0 Å². The Morgan fingerprint density at radius 2 is 2.18 bits per heavy atom. The Kier molecular flexibility index (Phi) is 4.71. The van der Waals surface area contributed by atoms with E-state index in [0.29, 0.717) is 0 Å². The minimum atomic E-state index is -0.793. The zero-order chi connectivity index (χ0) is 12.8. The minimum absolute atomic E-state index is 0.168. The number of hydrogen-bond donors (Lipinski definition) is 0. The number of esters is 1. The van der Waals surface area contributed by atoms with Crippen LogP contribution in [-0.4, -0.2) is 12.1 Å². The van der Waals surface area contributed by atoms with Gasteiger partial charge in [-0.2, -0.15) is 5.26 Å². The quantitative estimate of drug-likeness (QED) is 0.515. The van der Waals surface area contributed by atoms with Crippen molar-refractivity contribution in [3.63, 3.8) is 0 Å². The van der Waals surface area contributed by atoms with Gasteiger partial charge in [-0.1, -0.05) is 30.7 Å². The summed E-state index contributed by atoms with van der Waals surface area (Å²) in [5.41, 5.74) is 0.948. The highest BCUT2D eigenvalue weighted by atomic mass is 16.5. The van der Waals surface area contributed by atoms with Crippen molar-refractivity contribution in [1.82, 2.24) is 0 Å². The number of cyclic esters (lactones) is 1. The molecule has 0 N–H and O–H groups in total. The molecule has 1 heterocycles. The van der Waals surface area contributed by atoms with Crippen molar-refractivity contribution in [2.75, 3.05) is 0 Å². The van der Waals surface area contributed by atoms with E-state index < -0.39 is 12.1 Å². The van der Waals surface area contributed by atoms with Crippen molar-refractivity contribution in [3.8, 4) is 6.07 Å². The lowest BCUT2D eigenvalue weighted by atomic mass is 9.87. The molecule has 0 amide bonds. The molecule has 0 saturated carbocycles. The van der Waals surface area contributed by atoms with Gasteiger partial charge in [0.05, 0.1) is 0 Å². The maximum atomic E-state index is 11.5. The first-order valence-corrected chi connectivity index (χ1v) is 5.68. The largest absolute Gasteiger partial charge is 0.439 e. The van der Waals surface area contributed by atoms with Crippen LogP contribution in [0.15, 0.2) is 36.0 Å². The summed E-state index contributed by atoms with van der Waals surface area (Å²) in [7, 11) is 0. The topological polar surface area (TPSA) is 50.1 Å². The number of carbonyl (C=O) groups excluding carboxylic acids is 1. The molecule has 0 radical (unpaired) electrons.